The summed E-state index contributed by atoms with van der Waals surface area (Å²) in [4.78, 5) is 16.7. The van der Waals surface area contributed by atoms with Crippen LogP contribution in [0.3, 0.4) is 0 Å². The van der Waals surface area contributed by atoms with E-state index in [-0.39, 0.29) is 29.1 Å². The van der Waals surface area contributed by atoms with E-state index in [9.17, 15) is 22.4 Å². The number of alkyl halides is 3. The first kappa shape index (κ1) is 28.5. The topological polar surface area (TPSA) is 93.1 Å². The van der Waals surface area contributed by atoms with E-state index in [1.54, 1.807) is 24.3 Å². The monoisotopic (exact) mass is 572 g/mol. The quantitative estimate of drug-likeness (QED) is 0.178. The Morgan fingerprint density at radius 1 is 1.07 bits per heavy atom. The van der Waals surface area contributed by atoms with Gasteiger partial charge in [0.2, 0.25) is 0 Å². The predicted octanol–water partition coefficient (Wildman–Crippen LogP) is 6.29. The van der Waals surface area contributed by atoms with Gasteiger partial charge in [0.1, 0.15) is 17.9 Å². The van der Waals surface area contributed by atoms with Crippen molar-refractivity contribution in [2.24, 2.45) is 0 Å². The van der Waals surface area contributed by atoms with E-state index in [1.165, 1.54) is 47.4 Å². The number of aromatic nitrogens is 3. The number of hydrogen-bond donors (Lipinski definition) is 3. The Kier molecular flexibility index (Phi) is 8.63. The lowest BCUT2D eigenvalue weighted by Gasteiger charge is -2.16. The molecule has 4 aromatic rings. The van der Waals surface area contributed by atoms with E-state index in [1.807, 2.05) is 19.9 Å². The van der Waals surface area contributed by atoms with Crippen LogP contribution in [0.4, 0.5) is 28.0 Å². The smallest absolute Gasteiger partial charge is 0.406 e. The van der Waals surface area contributed by atoms with E-state index in [0.29, 0.717) is 22.8 Å². The van der Waals surface area contributed by atoms with Crippen molar-refractivity contribution in [1.82, 2.24) is 25.4 Å². The summed E-state index contributed by atoms with van der Waals surface area (Å²) in [7, 11) is 0. The standard InChI is InChI=1S/C27H24F4N6O2S/c1-16(2)22-13-19(28)6-11-23(22)34-26(40)35-25(38)32-14-17-4-3-5-18(12-17)24-33-15-37(36-24)20-7-9-21(10-8-20)39-27(29,30)31/h3-13,15-16H,14H2,1-2H3,(H3,32,34,35,38,40). The third kappa shape index (κ3) is 7.76. The largest absolute Gasteiger partial charge is 0.573 e. The molecule has 0 saturated heterocycles. The average molecular weight is 573 g/mol. The van der Waals surface area contributed by atoms with Crippen LogP contribution in [0.2, 0.25) is 0 Å². The summed E-state index contributed by atoms with van der Waals surface area (Å²) in [5, 5.41) is 12.6. The van der Waals surface area contributed by atoms with Gasteiger partial charge in [0, 0.05) is 17.8 Å². The third-order valence-electron chi connectivity index (χ3n) is 5.58. The van der Waals surface area contributed by atoms with Crippen LogP contribution in [0, 0.1) is 5.82 Å². The molecule has 1 heterocycles. The molecule has 3 N–H and O–H groups in total. The summed E-state index contributed by atoms with van der Waals surface area (Å²) >= 11 is 5.23. The molecule has 4 rings (SSSR count). The molecule has 0 saturated carbocycles. The fraction of sp³-hybridized carbons (Fsp3) is 0.185. The molecule has 0 bridgehead atoms. The van der Waals surface area contributed by atoms with Gasteiger partial charge in [-0.1, -0.05) is 32.0 Å². The lowest BCUT2D eigenvalue weighted by molar-refractivity contribution is -0.274. The van der Waals surface area contributed by atoms with E-state index in [2.05, 4.69) is 30.8 Å². The van der Waals surface area contributed by atoms with Crippen LogP contribution < -0.4 is 20.7 Å². The van der Waals surface area contributed by atoms with Crippen LogP contribution >= 0.6 is 12.2 Å². The Labute approximate surface area is 232 Å². The maximum Gasteiger partial charge on any atom is 0.573 e. The van der Waals surface area contributed by atoms with Crippen molar-refractivity contribution >= 4 is 29.0 Å². The minimum atomic E-state index is -4.77. The molecule has 0 fully saturated rings. The van der Waals surface area contributed by atoms with Gasteiger partial charge in [-0.2, -0.15) is 0 Å². The molecular formula is C27H24F4N6O2S. The highest BCUT2D eigenvalue weighted by Crippen LogP contribution is 2.26. The molecule has 0 spiro atoms. The summed E-state index contributed by atoms with van der Waals surface area (Å²) in [5.74, 6) is -0.272. The number of hydrogen-bond acceptors (Lipinski definition) is 5. The van der Waals surface area contributed by atoms with Crippen molar-refractivity contribution in [3.63, 3.8) is 0 Å². The Morgan fingerprint density at radius 3 is 2.52 bits per heavy atom. The highest BCUT2D eigenvalue weighted by Gasteiger charge is 2.31. The van der Waals surface area contributed by atoms with Gasteiger partial charge < -0.3 is 15.4 Å². The fourth-order valence-corrected chi connectivity index (χ4v) is 3.95. The van der Waals surface area contributed by atoms with Crippen molar-refractivity contribution < 1.29 is 27.1 Å². The first-order valence-electron chi connectivity index (χ1n) is 12.0. The van der Waals surface area contributed by atoms with Gasteiger partial charge in [-0.05, 0) is 77.8 Å². The number of ether oxygens (including phenoxy) is 1. The maximum atomic E-state index is 13.6. The lowest BCUT2D eigenvalue weighted by Crippen LogP contribution is -2.41. The summed E-state index contributed by atoms with van der Waals surface area (Å²) < 4.78 is 56.0. The first-order chi connectivity index (χ1) is 19.0. The first-order valence-corrected chi connectivity index (χ1v) is 12.4. The van der Waals surface area contributed by atoms with Crippen molar-refractivity contribution in [3.8, 4) is 22.8 Å². The normalized spacial score (nSPS) is 11.3. The minimum absolute atomic E-state index is 0.0430. The minimum Gasteiger partial charge on any atom is -0.406 e. The summed E-state index contributed by atoms with van der Waals surface area (Å²) in [5.41, 5.74) is 3.26. The zero-order valence-electron chi connectivity index (χ0n) is 21.3. The molecule has 0 atom stereocenters. The van der Waals surface area contributed by atoms with Gasteiger partial charge >= 0.3 is 12.4 Å². The van der Waals surface area contributed by atoms with E-state index >= 15 is 0 Å². The number of anilines is 1. The van der Waals surface area contributed by atoms with Crippen molar-refractivity contribution in [3.05, 3.63) is 90.0 Å². The molecule has 0 aliphatic rings. The zero-order valence-corrected chi connectivity index (χ0v) is 22.1. The highest BCUT2D eigenvalue weighted by molar-refractivity contribution is 7.80. The number of carbonyl (C=O) groups is 1. The molecule has 2 amide bonds. The summed E-state index contributed by atoms with van der Waals surface area (Å²) in [6.45, 7) is 4.02. The molecular weight excluding hydrogens is 548 g/mol. The third-order valence-corrected chi connectivity index (χ3v) is 5.78. The molecule has 0 aliphatic heterocycles. The number of rotatable bonds is 7. The second kappa shape index (κ2) is 12.1. The number of halogens is 4. The summed E-state index contributed by atoms with van der Waals surface area (Å²) in [6, 6.07) is 16.2. The average Bonchev–Trinajstić information content (AvgIpc) is 3.38. The van der Waals surface area contributed by atoms with Gasteiger partial charge in [-0.3, -0.25) is 5.32 Å². The zero-order chi connectivity index (χ0) is 28.9. The fourth-order valence-electron chi connectivity index (χ4n) is 3.75. The molecule has 0 radical (unpaired) electrons. The van der Waals surface area contributed by atoms with Crippen molar-refractivity contribution in [2.45, 2.75) is 32.7 Å². The Hall–Kier alpha value is -4.52. The molecule has 40 heavy (non-hydrogen) atoms. The lowest BCUT2D eigenvalue weighted by atomic mass is 10.0. The van der Waals surface area contributed by atoms with E-state index in [4.69, 9.17) is 12.2 Å². The van der Waals surface area contributed by atoms with Crippen LogP contribution in [0.15, 0.2) is 73.1 Å². The molecule has 8 nitrogen and oxygen atoms in total. The number of nitrogens with one attached hydrogen (secondary N) is 3. The van der Waals surface area contributed by atoms with Gasteiger partial charge in [0.25, 0.3) is 0 Å². The van der Waals surface area contributed by atoms with Crippen molar-refractivity contribution in [1.29, 1.82) is 0 Å². The van der Waals surface area contributed by atoms with Crippen molar-refractivity contribution in [2.75, 3.05) is 5.32 Å². The van der Waals surface area contributed by atoms with E-state index < -0.39 is 12.4 Å². The molecule has 0 aliphatic carbocycles. The molecule has 3 aromatic carbocycles. The molecule has 208 valence electrons. The van der Waals surface area contributed by atoms with Crippen LogP contribution in [-0.2, 0) is 6.54 Å². The second-order valence-electron chi connectivity index (χ2n) is 8.90. The van der Waals surface area contributed by atoms with Crippen LogP contribution in [-0.4, -0.2) is 32.3 Å². The van der Waals surface area contributed by atoms with Gasteiger partial charge in [0.05, 0.1) is 5.69 Å². The van der Waals surface area contributed by atoms with Gasteiger partial charge in [-0.25, -0.2) is 18.9 Å². The van der Waals surface area contributed by atoms with E-state index in [0.717, 1.165) is 11.1 Å². The summed E-state index contributed by atoms with van der Waals surface area (Å²) in [6.07, 6.45) is -3.33. The second-order valence-corrected chi connectivity index (χ2v) is 9.31. The van der Waals surface area contributed by atoms with Gasteiger partial charge in [0.15, 0.2) is 10.9 Å². The maximum absolute atomic E-state index is 13.6. The number of benzene rings is 3. The van der Waals surface area contributed by atoms with Gasteiger partial charge in [-0.15, -0.1) is 18.3 Å². The van der Waals surface area contributed by atoms with Crippen LogP contribution in [0.1, 0.15) is 30.9 Å². The number of carbonyl (C=O) groups excluding carboxylic acids is 1. The highest BCUT2D eigenvalue weighted by atomic mass is 32.1. The molecule has 0 unspecified atom stereocenters. The Morgan fingerprint density at radius 2 is 1.82 bits per heavy atom. The number of urea groups is 1. The molecule has 13 heteroatoms. The number of thiocarbonyl (C=S) groups is 1. The van der Waals surface area contributed by atoms with Crippen LogP contribution in [0.5, 0.6) is 5.75 Å². The molecule has 1 aromatic heterocycles. The predicted molar refractivity (Wildman–Crippen MR) is 146 cm³/mol. The SMILES string of the molecule is CC(C)c1cc(F)ccc1NC(=S)NC(=O)NCc1cccc(-c2ncn(-c3ccc(OC(F)(F)F)cc3)n2)c1. The Balaban J connectivity index is 1.34. The number of amides is 2. The van der Waals surface area contributed by atoms with Crippen LogP contribution in [0.25, 0.3) is 17.1 Å². The Bertz CT molecular complexity index is 1510. The number of nitrogens with zero attached hydrogens (tertiary/aromatic N) is 3.